The molecule has 1 aromatic carbocycles. The van der Waals surface area contributed by atoms with E-state index >= 15 is 0 Å². The van der Waals surface area contributed by atoms with Crippen LogP contribution in [0.2, 0.25) is 0 Å². The molecule has 1 heterocycles. The van der Waals surface area contributed by atoms with Gasteiger partial charge >= 0.3 is 0 Å². The minimum atomic E-state index is -0.328. The number of carbonyl (C=O) groups excluding carboxylic acids is 1. The quantitative estimate of drug-likeness (QED) is 0.609. The van der Waals surface area contributed by atoms with Crippen LogP contribution in [0.15, 0.2) is 29.2 Å². The Morgan fingerprint density at radius 3 is 2.70 bits per heavy atom. The highest BCUT2D eigenvalue weighted by molar-refractivity contribution is 6.00. The van der Waals surface area contributed by atoms with Gasteiger partial charge in [-0.05, 0) is 25.0 Å². The average molecular weight is 315 g/mol. The van der Waals surface area contributed by atoms with Crippen LogP contribution >= 0.6 is 0 Å². The van der Waals surface area contributed by atoms with Crippen molar-refractivity contribution >= 4 is 22.5 Å². The molecule has 0 atom stereocenters. The van der Waals surface area contributed by atoms with E-state index in [1.165, 1.54) is 0 Å². The lowest BCUT2D eigenvalue weighted by molar-refractivity contribution is 0.0952. The summed E-state index contributed by atoms with van der Waals surface area (Å²) in [6, 6.07) is 5.42. The maximum Gasteiger partial charge on any atom is 0.256 e. The largest absolute Gasteiger partial charge is 0.398 e. The Kier molecular flexibility index (Phi) is 5.79. The number of benzene rings is 1. The van der Waals surface area contributed by atoms with Crippen molar-refractivity contribution in [1.29, 1.82) is 0 Å². The number of rotatable bonds is 7. The molecule has 2 aromatic rings. The van der Waals surface area contributed by atoms with Gasteiger partial charge < -0.3 is 15.6 Å². The first-order valence-electron chi connectivity index (χ1n) is 8.30. The topological polar surface area (TPSA) is 77.1 Å². The molecule has 23 heavy (non-hydrogen) atoms. The third kappa shape index (κ3) is 3.73. The summed E-state index contributed by atoms with van der Waals surface area (Å²) in [5.74, 6) is -0.328. The van der Waals surface area contributed by atoms with Crippen LogP contribution < -0.4 is 16.5 Å². The fourth-order valence-electron chi connectivity index (χ4n) is 2.68. The Bertz CT molecular complexity index is 750. The van der Waals surface area contributed by atoms with Crippen molar-refractivity contribution in [3.63, 3.8) is 0 Å². The highest BCUT2D eigenvalue weighted by atomic mass is 16.2. The van der Waals surface area contributed by atoms with Crippen molar-refractivity contribution in [2.45, 2.75) is 46.1 Å². The zero-order chi connectivity index (χ0) is 16.8. The van der Waals surface area contributed by atoms with Gasteiger partial charge in [-0.2, -0.15) is 0 Å². The molecule has 0 aliphatic heterocycles. The summed E-state index contributed by atoms with van der Waals surface area (Å²) in [5.41, 5.74) is 7.09. The predicted octanol–water partition coefficient (Wildman–Crippen LogP) is 2.91. The molecule has 0 spiro atoms. The lowest BCUT2D eigenvalue weighted by Crippen LogP contribution is -2.30. The molecule has 1 amide bonds. The van der Waals surface area contributed by atoms with Crippen LogP contribution in [0.1, 0.15) is 49.9 Å². The molecule has 3 N–H and O–H groups in total. The van der Waals surface area contributed by atoms with Crippen molar-refractivity contribution in [2.24, 2.45) is 0 Å². The maximum atomic E-state index is 12.7. The molecule has 0 bridgehead atoms. The number of carbonyl (C=O) groups is 1. The molecule has 0 unspecified atom stereocenters. The number of aryl methyl sites for hydroxylation is 1. The number of unbranched alkanes of at least 4 members (excludes halogenated alkanes) is 2. The summed E-state index contributed by atoms with van der Waals surface area (Å²) in [6.07, 6.45) is 5.72. The second-order valence-corrected chi connectivity index (χ2v) is 5.77. The molecule has 0 saturated carbocycles. The van der Waals surface area contributed by atoms with Crippen LogP contribution in [0, 0.1) is 0 Å². The molecule has 1 aromatic heterocycles. The SMILES string of the molecule is CCCCCn1cc(C(=O)NCCC)c(=O)c2c(N)cccc21. The summed E-state index contributed by atoms with van der Waals surface area (Å²) in [5, 5.41) is 3.21. The molecule has 5 nitrogen and oxygen atoms in total. The van der Waals surface area contributed by atoms with Crippen LogP contribution in [0.3, 0.4) is 0 Å². The van der Waals surface area contributed by atoms with E-state index in [1.807, 2.05) is 23.6 Å². The number of amides is 1. The first-order valence-corrected chi connectivity index (χ1v) is 8.30. The van der Waals surface area contributed by atoms with Gasteiger partial charge in [0.05, 0.1) is 10.9 Å². The summed E-state index contributed by atoms with van der Waals surface area (Å²) < 4.78 is 1.98. The smallest absolute Gasteiger partial charge is 0.256 e. The van der Waals surface area contributed by atoms with Crippen molar-refractivity contribution in [2.75, 3.05) is 12.3 Å². The highest BCUT2D eigenvalue weighted by Crippen LogP contribution is 2.19. The lowest BCUT2D eigenvalue weighted by Gasteiger charge is -2.14. The number of aromatic nitrogens is 1. The van der Waals surface area contributed by atoms with E-state index in [0.29, 0.717) is 17.6 Å². The molecule has 124 valence electrons. The molecule has 0 saturated heterocycles. The van der Waals surface area contributed by atoms with Crippen LogP contribution in [-0.2, 0) is 6.54 Å². The zero-order valence-electron chi connectivity index (χ0n) is 13.9. The molecule has 5 heteroatoms. The summed E-state index contributed by atoms with van der Waals surface area (Å²) in [4.78, 5) is 25.0. The lowest BCUT2D eigenvalue weighted by atomic mass is 10.1. The number of pyridine rings is 1. The van der Waals surface area contributed by atoms with Crippen LogP contribution in [-0.4, -0.2) is 17.0 Å². The van der Waals surface area contributed by atoms with Gasteiger partial charge in [0, 0.05) is 25.0 Å². The Balaban J connectivity index is 2.55. The second kappa shape index (κ2) is 7.81. The number of nitrogens with two attached hydrogens (primary N) is 1. The number of fused-ring (bicyclic) bond motifs is 1. The number of hydrogen-bond acceptors (Lipinski definition) is 3. The van der Waals surface area contributed by atoms with Crippen LogP contribution in [0.4, 0.5) is 5.69 Å². The Labute approximate surface area is 136 Å². The number of nitrogens with one attached hydrogen (secondary N) is 1. The van der Waals surface area contributed by atoms with Crippen molar-refractivity contribution in [1.82, 2.24) is 9.88 Å². The van der Waals surface area contributed by atoms with E-state index in [0.717, 1.165) is 37.7 Å². The normalized spacial score (nSPS) is 10.9. The fraction of sp³-hybridized carbons (Fsp3) is 0.444. The Morgan fingerprint density at radius 1 is 1.22 bits per heavy atom. The molecular formula is C18H25N3O2. The Morgan fingerprint density at radius 2 is 2.00 bits per heavy atom. The van der Waals surface area contributed by atoms with Gasteiger partial charge in [0.2, 0.25) is 5.43 Å². The van der Waals surface area contributed by atoms with Gasteiger partial charge in [0.15, 0.2) is 0 Å². The van der Waals surface area contributed by atoms with E-state index in [2.05, 4.69) is 12.2 Å². The van der Waals surface area contributed by atoms with E-state index in [9.17, 15) is 9.59 Å². The third-order valence-electron chi connectivity index (χ3n) is 3.92. The van der Waals surface area contributed by atoms with Gasteiger partial charge in [0.1, 0.15) is 5.56 Å². The number of nitrogen functional groups attached to an aromatic ring is 1. The number of nitrogens with zero attached hydrogens (tertiary/aromatic N) is 1. The molecule has 0 aliphatic rings. The van der Waals surface area contributed by atoms with E-state index in [4.69, 9.17) is 5.73 Å². The van der Waals surface area contributed by atoms with Crippen molar-refractivity contribution in [3.8, 4) is 0 Å². The third-order valence-corrected chi connectivity index (χ3v) is 3.92. The van der Waals surface area contributed by atoms with Gasteiger partial charge in [-0.25, -0.2) is 0 Å². The van der Waals surface area contributed by atoms with Gasteiger partial charge in [-0.1, -0.05) is 32.8 Å². The van der Waals surface area contributed by atoms with Crippen molar-refractivity contribution < 1.29 is 4.79 Å². The summed E-state index contributed by atoms with van der Waals surface area (Å²) >= 11 is 0. The second-order valence-electron chi connectivity index (χ2n) is 5.77. The minimum absolute atomic E-state index is 0.167. The molecular weight excluding hydrogens is 290 g/mol. The maximum absolute atomic E-state index is 12.7. The van der Waals surface area contributed by atoms with Crippen molar-refractivity contribution in [3.05, 3.63) is 40.2 Å². The fourth-order valence-corrected chi connectivity index (χ4v) is 2.68. The zero-order valence-corrected chi connectivity index (χ0v) is 13.9. The molecule has 2 rings (SSSR count). The molecule has 0 fully saturated rings. The minimum Gasteiger partial charge on any atom is -0.398 e. The average Bonchev–Trinajstić information content (AvgIpc) is 2.54. The standard InChI is InChI=1S/C18H25N3O2/c1-3-5-6-11-21-12-13(18(23)20-10-4-2)17(22)16-14(19)8-7-9-15(16)21/h7-9,12H,3-6,10-11,19H2,1-2H3,(H,20,23). The summed E-state index contributed by atoms with van der Waals surface area (Å²) in [7, 11) is 0. The first kappa shape index (κ1) is 17.1. The highest BCUT2D eigenvalue weighted by Gasteiger charge is 2.16. The number of hydrogen-bond donors (Lipinski definition) is 2. The van der Waals surface area contributed by atoms with Gasteiger partial charge in [-0.3, -0.25) is 9.59 Å². The molecule has 0 aliphatic carbocycles. The van der Waals surface area contributed by atoms with Crippen LogP contribution in [0.5, 0.6) is 0 Å². The van der Waals surface area contributed by atoms with E-state index in [-0.39, 0.29) is 16.9 Å². The van der Waals surface area contributed by atoms with E-state index in [1.54, 1.807) is 12.3 Å². The summed E-state index contributed by atoms with van der Waals surface area (Å²) in [6.45, 7) is 5.44. The van der Waals surface area contributed by atoms with Crippen LogP contribution in [0.25, 0.3) is 10.9 Å². The Hall–Kier alpha value is -2.30. The van der Waals surface area contributed by atoms with Gasteiger partial charge in [0.25, 0.3) is 5.91 Å². The first-order chi connectivity index (χ1) is 11.1. The number of anilines is 1. The monoisotopic (exact) mass is 315 g/mol. The predicted molar refractivity (Wildman–Crippen MR) is 94.8 cm³/mol. The molecule has 0 radical (unpaired) electrons. The van der Waals surface area contributed by atoms with E-state index < -0.39 is 0 Å². The van der Waals surface area contributed by atoms with Gasteiger partial charge in [-0.15, -0.1) is 0 Å².